The number of benzene rings is 2. The molecule has 1 aliphatic carbocycles. The topological polar surface area (TPSA) is 76.9 Å². The molecule has 0 spiro atoms. The Labute approximate surface area is 180 Å². The van der Waals surface area contributed by atoms with Crippen LogP contribution in [0.5, 0.6) is 0 Å². The SMILES string of the molecule is CCc1cc(-c2ccc(F)cc2F)ccc1S(=O)(=O)N[C@H]1CCC[C@@H](n2cnnc2)C1. The van der Waals surface area contributed by atoms with E-state index >= 15 is 0 Å². The van der Waals surface area contributed by atoms with Crippen LogP contribution in [0.1, 0.15) is 44.2 Å². The summed E-state index contributed by atoms with van der Waals surface area (Å²) in [5.74, 6) is -1.34. The van der Waals surface area contributed by atoms with Gasteiger partial charge < -0.3 is 4.57 Å². The molecule has 1 heterocycles. The summed E-state index contributed by atoms with van der Waals surface area (Å²) in [7, 11) is -3.75. The smallest absolute Gasteiger partial charge is 0.241 e. The van der Waals surface area contributed by atoms with Crippen LogP contribution >= 0.6 is 0 Å². The van der Waals surface area contributed by atoms with E-state index in [1.807, 2.05) is 11.5 Å². The molecule has 2 atom stereocenters. The van der Waals surface area contributed by atoms with Gasteiger partial charge in [0, 0.05) is 23.7 Å². The Bertz CT molecular complexity index is 1170. The summed E-state index contributed by atoms with van der Waals surface area (Å²) in [6.45, 7) is 1.85. The maximum atomic E-state index is 14.2. The minimum Gasteiger partial charge on any atom is -0.317 e. The van der Waals surface area contributed by atoms with Crippen LogP contribution in [0.2, 0.25) is 0 Å². The summed E-state index contributed by atoms with van der Waals surface area (Å²) < 4.78 is 58.5. The van der Waals surface area contributed by atoms with E-state index in [1.165, 1.54) is 18.2 Å². The van der Waals surface area contributed by atoms with Gasteiger partial charge in [-0.05, 0) is 67.5 Å². The van der Waals surface area contributed by atoms with Crippen molar-refractivity contribution in [1.82, 2.24) is 19.5 Å². The Morgan fingerprint density at radius 3 is 2.58 bits per heavy atom. The van der Waals surface area contributed by atoms with Gasteiger partial charge in [0.05, 0.1) is 4.90 Å². The molecule has 164 valence electrons. The number of nitrogens with zero attached hydrogens (tertiary/aromatic N) is 3. The second-order valence-electron chi connectivity index (χ2n) is 7.85. The van der Waals surface area contributed by atoms with Crippen LogP contribution in [-0.4, -0.2) is 29.2 Å². The number of aryl methyl sites for hydroxylation is 1. The lowest BCUT2D eigenvalue weighted by atomic mass is 9.91. The largest absolute Gasteiger partial charge is 0.317 e. The number of rotatable bonds is 6. The van der Waals surface area contributed by atoms with E-state index in [0.29, 0.717) is 24.0 Å². The van der Waals surface area contributed by atoms with E-state index in [2.05, 4.69) is 14.9 Å². The Balaban J connectivity index is 1.57. The molecule has 1 saturated carbocycles. The molecule has 1 fully saturated rings. The molecule has 1 aromatic heterocycles. The summed E-state index contributed by atoms with van der Waals surface area (Å²) in [6.07, 6.45) is 7.05. The van der Waals surface area contributed by atoms with Crippen molar-refractivity contribution in [3.63, 3.8) is 0 Å². The van der Waals surface area contributed by atoms with Crippen LogP contribution in [-0.2, 0) is 16.4 Å². The lowest BCUT2D eigenvalue weighted by molar-refractivity contribution is 0.305. The fourth-order valence-electron chi connectivity index (χ4n) is 4.23. The van der Waals surface area contributed by atoms with E-state index in [1.54, 1.807) is 24.8 Å². The van der Waals surface area contributed by atoms with Crippen LogP contribution in [0.15, 0.2) is 53.9 Å². The molecule has 6 nitrogen and oxygen atoms in total. The number of hydrogen-bond donors (Lipinski definition) is 1. The zero-order chi connectivity index (χ0) is 22.0. The molecule has 3 aromatic rings. The monoisotopic (exact) mass is 446 g/mol. The Morgan fingerprint density at radius 2 is 1.87 bits per heavy atom. The van der Waals surface area contributed by atoms with Crippen molar-refractivity contribution in [1.29, 1.82) is 0 Å². The van der Waals surface area contributed by atoms with Gasteiger partial charge in [-0.25, -0.2) is 21.9 Å². The van der Waals surface area contributed by atoms with Crippen LogP contribution in [0.3, 0.4) is 0 Å². The quantitative estimate of drug-likeness (QED) is 0.614. The first kappa shape index (κ1) is 21.6. The van der Waals surface area contributed by atoms with Crippen molar-refractivity contribution < 1.29 is 17.2 Å². The van der Waals surface area contributed by atoms with Crippen LogP contribution in [0, 0.1) is 11.6 Å². The third-order valence-electron chi connectivity index (χ3n) is 5.80. The van der Waals surface area contributed by atoms with Gasteiger partial charge in [-0.1, -0.05) is 13.0 Å². The average molecular weight is 447 g/mol. The highest BCUT2D eigenvalue weighted by Gasteiger charge is 2.28. The molecular weight excluding hydrogens is 422 g/mol. The molecule has 0 bridgehead atoms. The number of hydrogen-bond acceptors (Lipinski definition) is 4. The Hall–Kier alpha value is -2.65. The maximum absolute atomic E-state index is 14.2. The average Bonchev–Trinajstić information content (AvgIpc) is 3.28. The Kier molecular flexibility index (Phi) is 6.15. The first-order chi connectivity index (χ1) is 14.9. The zero-order valence-electron chi connectivity index (χ0n) is 17.1. The Morgan fingerprint density at radius 1 is 1.10 bits per heavy atom. The molecule has 1 N–H and O–H groups in total. The first-order valence-electron chi connectivity index (χ1n) is 10.3. The minimum absolute atomic E-state index is 0.158. The van der Waals surface area contributed by atoms with Gasteiger partial charge in [-0.2, -0.15) is 0 Å². The lowest BCUT2D eigenvalue weighted by Crippen LogP contribution is -2.39. The zero-order valence-corrected chi connectivity index (χ0v) is 17.9. The fourth-order valence-corrected chi connectivity index (χ4v) is 5.81. The van der Waals surface area contributed by atoms with Gasteiger partial charge >= 0.3 is 0 Å². The third kappa shape index (κ3) is 4.67. The standard InChI is InChI=1S/C22H24F2N4O2S/c1-2-15-10-16(20-8-7-17(23)11-21(20)24)6-9-22(15)31(29,30)27-18-4-3-5-19(12-18)28-13-25-26-14-28/h6-11,13-14,18-19,27H,2-5,12H2,1H3/t18-,19+/m0/s1. The van der Waals surface area contributed by atoms with Crippen molar-refractivity contribution in [2.24, 2.45) is 0 Å². The van der Waals surface area contributed by atoms with Gasteiger partial charge in [-0.3, -0.25) is 0 Å². The molecule has 0 aliphatic heterocycles. The number of halogens is 2. The molecule has 9 heteroatoms. The third-order valence-corrected chi connectivity index (χ3v) is 7.42. The maximum Gasteiger partial charge on any atom is 0.241 e. The number of nitrogens with one attached hydrogen (secondary N) is 1. The summed E-state index contributed by atoms with van der Waals surface area (Å²) in [4.78, 5) is 0.188. The van der Waals surface area contributed by atoms with Crippen LogP contribution in [0.25, 0.3) is 11.1 Å². The van der Waals surface area contributed by atoms with E-state index in [4.69, 9.17) is 0 Å². The summed E-state index contributed by atoms with van der Waals surface area (Å²) in [6, 6.07) is 8.05. The van der Waals surface area contributed by atoms with E-state index < -0.39 is 21.7 Å². The van der Waals surface area contributed by atoms with E-state index in [-0.39, 0.29) is 22.5 Å². The van der Waals surface area contributed by atoms with Crippen LogP contribution in [0.4, 0.5) is 8.78 Å². The highest BCUT2D eigenvalue weighted by molar-refractivity contribution is 7.89. The predicted octanol–water partition coefficient (Wildman–Crippen LogP) is 4.25. The van der Waals surface area contributed by atoms with Crippen molar-refractivity contribution >= 4 is 10.0 Å². The number of aromatic nitrogens is 3. The molecule has 2 aromatic carbocycles. The second-order valence-corrected chi connectivity index (χ2v) is 9.53. The summed E-state index contributed by atoms with van der Waals surface area (Å²) in [5, 5.41) is 7.68. The van der Waals surface area contributed by atoms with Crippen molar-refractivity contribution in [3.8, 4) is 11.1 Å². The molecule has 1 aliphatic rings. The highest BCUT2D eigenvalue weighted by atomic mass is 32.2. The van der Waals surface area contributed by atoms with Crippen LogP contribution < -0.4 is 4.72 Å². The minimum atomic E-state index is -3.75. The van der Waals surface area contributed by atoms with E-state index in [0.717, 1.165) is 25.3 Å². The van der Waals surface area contributed by atoms with Gasteiger partial charge in [0.25, 0.3) is 0 Å². The molecule has 4 rings (SSSR count). The van der Waals surface area contributed by atoms with Gasteiger partial charge in [0.2, 0.25) is 10.0 Å². The fraction of sp³-hybridized carbons (Fsp3) is 0.364. The lowest BCUT2D eigenvalue weighted by Gasteiger charge is -2.30. The molecule has 0 saturated heterocycles. The molecule has 0 radical (unpaired) electrons. The first-order valence-corrected chi connectivity index (χ1v) is 11.8. The van der Waals surface area contributed by atoms with E-state index in [9.17, 15) is 17.2 Å². The molecule has 0 amide bonds. The van der Waals surface area contributed by atoms with Gasteiger partial charge in [-0.15, -0.1) is 10.2 Å². The summed E-state index contributed by atoms with van der Waals surface area (Å²) >= 11 is 0. The van der Waals surface area contributed by atoms with Crippen molar-refractivity contribution in [2.75, 3.05) is 0 Å². The number of sulfonamides is 1. The molecule has 31 heavy (non-hydrogen) atoms. The highest BCUT2D eigenvalue weighted by Crippen LogP contribution is 2.31. The predicted molar refractivity (Wildman–Crippen MR) is 113 cm³/mol. The van der Waals surface area contributed by atoms with Crippen molar-refractivity contribution in [3.05, 3.63) is 66.3 Å². The molecular formula is C22H24F2N4O2S. The second kappa shape index (κ2) is 8.84. The van der Waals surface area contributed by atoms with Crippen molar-refractivity contribution in [2.45, 2.75) is 56.0 Å². The molecule has 0 unspecified atom stereocenters. The van der Waals surface area contributed by atoms with Gasteiger partial charge in [0.1, 0.15) is 24.3 Å². The normalized spacial score (nSPS) is 19.5. The summed E-state index contributed by atoms with van der Waals surface area (Å²) in [5.41, 5.74) is 1.33. The van der Waals surface area contributed by atoms with Gasteiger partial charge in [0.15, 0.2) is 0 Å².